The molecule has 3 heterocycles. The van der Waals surface area contributed by atoms with Crippen LogP contribution in [-0.4, -0.2) is 34.2 Å². The summed E-state index contributed by atoms with van der Waals surface area (Å²) in [7, 11) is 1.57. The molecule has 0 bridgehead atoms. The van der Waals surface area contributed by atoms with Crippen LogP contribution in [0.5, 0.6) is 11.8 Å². The van der Waals surface area contributed by atoms with Crippen LogP contribution in [0.15, 0.2) is 54.6 Å². The number of methoxy groups -OCH3 is 1. The molecule has 0 saturated heterocycles. The molecule has 32 heavy (non-hydrogen) atoms. The van der Waals surface area contributed by atoms with Gasteiger partial charge in [-0.05, 0) is 30.5 Å². The summed E-state index contributed by atoms with van der Waals surface area (Å²) >= 11 is 0. The van der Waals surface area contributed by atoms with Crippen molar-refractivity contribution in [1.29, 1.82) is 0 Å². The third-order valence-electron chi connectivity index (χ3n) is 5.56. The van der Waals surface area contributed by atoms with E-state index in [4.69, 9.17) is 25.2 Å². The minimum absolute atomic E-state index is 0.398. The van der Waals surface area contributed by atoms with Crippen LogP contribution in [0.2, 0.25) is 0 Å². The van der Waals surface area contributed by atoms with Gasteiger partial charge in [-0.2, -0.15) is 9.97 Å². The van der Waals surface area contributed by atoms with Gasteiger partial charge in [0.2, 0.25) is 23.6 Å². The van der Waals surface area contributed by atoms with Crippen LogP contribution < -0.4 is 20.5 Å². The minimum Gasteiger partial charge on any atom is -0.482 e. The predicted octanol–water partition coefficient (Wildman–Crippen LogP) is 3.47. The lowest BCUT2D eigenvalue weighted by atomic mass is 10.1. The highest BCUT2D eigenvalue weighted by atomic mass is 16.5. The summed E-state index contributed by atoms with van der Waals surface area (Å²) in [5.74, 6) is 1.68. The second-order valence-electron chi connectivity index (χ2n) is 7.57. The first-order valence-corrected chi connectivity index (χ1v) is 10.5. The van der Waals surface area contributed by atoms with Gasteiger partial charge in [0.15, 0.2) is 0 Å². The van der Waals surface area contributed by atoms with Crippen molar-refractivity contribution in [2.24, 2.45) is 5.73 Å². The summed E-state index contributed by atoms with van der Waals surface area (Å²) in [6.07, 6.45) is 1.75. The van der Waals surface area contributed by atoms with E-state index in [9.17, 15) is 4.79 Å². The van der Waals surface area contributed by atoms with Crippen molar-refractivity contribution < 1.29 is 14.3 Å². The van der Waals surface area contributed by atoms with E-state index in [1.807, 2.05) is 24.3 Å². The van der Waals surface area contributed by atoms with E-state index in [0.29, 0.717) is 41.8 Å². The quantitative estimate of drug-likeness (QED) is 0.486. The number of carbonyl (C=O) groups excluding carboxylic acids is 1. The van der Waals surface area contributed by atoms with Crippen molar-refractivity contribution in [2.75, 3.05) is 19.0 Å². The van der Waals surface area contributed by atoms with E-state index in [-0.39, 0.29) is 0 Å². The number of fused-ring (bicyclic) bond motifs is 2. The number of amides is 1. The third kappa shape index (κ3) is 3.49. The van der Waals surface area contributed by atoms with E-state index in [2.05, 4.69) is 17.4 Å². The molecule has 8 nitrogen and oxygen atoms in total. The molecule has 0 fully saturated rings. The highest BCUT2D eigenvalue weighted by Gasteiger charge is 2.23. The van der Waals surface area contributed by atoms with Crippen molar-refractivity contribution in [3.05, 3.63) is 71.3 Å². The van der Waals surface area contributed by atoms with Crippen LogP contribution in [0.4, 0.5) is 5.82 Å². The zero-order valence-corrected chi connectivity index (χ0v) is 17.7. The predicted molar refractivity (Wildman–Crippen MR) is 122 cm³/mol. The SMILES string of the molecule is COc1cc2c(C(N)=O)cccc2n1-c1nc(NCc2ccccc2)c2c(n1)OCCC2. The lowest BCUT2D eigenvalue weighted by molar-refractivity contribution is 0.100. The number of nitrogens with one attached hydrogen (secondary N) is 1. The Morgan fingerprint density at radius 3 is 2.81 bits per heavy atom. The molecule has 1 aliphatic heterocycles. The molecule has 162 valence electrons. The molecule has 0 aliphatic carbocycles. The molecule has 0 spiro atoms. The number of anilines is 1. The normalized spacial score (nSPS) is 12.8. The first-order valence-electron chi connectivity index (χ1n) is 10.5. The Labute approximate surface area is 185 Å². The van der Waals surface area contributed by atoms with Gasteiger partial charge >= 0.3 is 0 Å². The average molecular weight is 429 g/mol. The van der Waals surface area contributed by atoms with Crippen LogP contribution in [0, 0.1) is 0 Å². The fourth-order valence-corrected chi connectivity index (χ4v) is 4.02. The molecule has 0 saturated carbocycles. The van der Waals surface area contributed by atoms with Gasteiger partial charge in [0.25, 0.3) is 0 Å². The summed E-state index contributed by atoms with van der Waals surface area (Å²) in [6, 6.07) is 17.3. The maximum absolute atomic E-state index is 11.9. The molecule has 1 aliphatic rings. The smallest absolute Gasteiger partial charge is 0.249 e. The topological polar surface area (TPSA) is 104 Å². The van der Waals surface area contributed by atoms with Gasteiger partial charge in [-0.15, -0.1) is 0 Å². The Balaban J connectivity index is 1.64. The minimum atomic E-state index is -0.504. The number of primary amides is 1. The number of nitrogens with zero attached hydrogens (tertiary/aromatic N) is 3. The Morgan fingerprint density at radius 1 is 1.19 bits per heavy atom. The van der Waals surface area contributed by atoms with Crippen molar-refractivity contribution in [3.8, 4) is 17.7 Å². The Hall–Kier alpha value is -4.07. The monoisotopic (exact) mass is 429 g/mol. The number of hydrogen-bond acceptors (Lipinski definition) is 6. The molecular formula is C24H23N5O3. The molecule has 0 radical (unpaired) electrons. The van der Waals surface area contributed by atoms with Crippen LogP contribution in [0.3, 0.4) is 0 Å². The number of benzene rings is 2. The summed E-state index contributed by atoms with van der Waals surface area (Å²) in [4.78, 5) is 21.5. The molecule has 1 amide bonds. The summed E-state index contributed by atoms with van der Waals surface area (Å²) in [5.41, 5.74) is 8.83. The van der Waals surface area contributed by atoms with Crippen molar-refractivity contribution >= 4 is 22.6 Å². The van der Waals surface area contributed by atoms with E-state index < -0.39 is 5.91 Å². The molecule has 2 aromatic heterocycles. The highest BCUT2D eigenvalue weighted by Crippen LogP contribution is 2.34. The molecule has 8 heteroatoms. The maximum Gasteiger partial charge on any atom is 0.249 e. The maximum atomic E-state index is 11.9. The number of rotatable bonds is 6. The average Bonchev–Trinajstić information content (AvgIpc) is 3.21. The molecule has 5 rings (SSSR count). The van der Waals surface area contributed by atoms with Gasteiger partial charge in [-0.1, -0.05) is 36.4 Å². The zero-order valence-electron chi connectivity index (χ0n) is 17.7. The highest BCUT2D eigenvalue weighted by molar-refractivity contribution is 6.06. The second-order valence-corrected chi connectivity index (χ2v) is 7.57. The fourth-order valence-electron chi connectivity index (χ4n) is 4.02. The van der Waals surface area contributed by atoms with Gasteiger partial charge in [0.05, 0.1) is 24.8 Å². The van der Waals surface area contributed by atoms with E-state index >= 15 is 0 Å². The van der Waals surface area contributed by atoms with E-state index in [1.165, 1.54) is 0 Å². The second kappa shape index (κ2) is 8.22. The molecular weight excluding hydrogens is 406 g/mol. The van der Waals surface area contributed by atoms with Gasteiger partial charge in [0, 0.05) is 23.6 Å². The number of nitrogens with two attached hydrogens (primary N) is 1. The molecule has 0 unspecified atom stereocenters. The molecule has 3 N–H and O–H groups in total. The Morgan fingerprint density at radius 2 is 2.03 bits per heavy atom. The Bertz CT molecular complexity index is 1300. The van der Waals surface area contributed by atoms with Gasteiger partial charge in [-0.3, -0.25) is 4.79 Å². The van der Waals surface area contributed by atoms with Crippen LogP contribution in [0.1, 0.15) is 27.9 Å². The fraction of sp³-hybridized carbons (Fsp3) is 0.208. The summed E-state index contributed by atoms with van der Waals surface area (Å²) < 4.78 is 13.3. The number of ether oxygens (including phenoxy) is 2. The molecule has 4 aromatic rings. The number of carbonyl (C=O) groups is 1. The van der Waals surface area contributed by atoms with E-state index in [1.54, 1.807) is 29.9 Å². The van der Waals surface area contributed by atoms with E-state index in [0.717, 1.165) is 35.3 Å². The molecule has 2 aromatic carbocycles. The lowest BCUT2D eigenvalue weighted by Crippen LogP contribution is -2.17. The summed E-state index contributed by atoms with van der Waals surface area (Å²) in [6.45, 7) is 1.23. The standard InChI is InChI=1S/C24H23N5O3/c1-31-20-13-18-16(21(25)30)9-5-11-19(18)29(20)24-27-22(17-10-6-12-32-23(17)28-24)26-14-15-7-3-2-4-8-15/h2-5,7-9,11,13H,6,10,12,14H2,1H3,(H2,25,30)(H,26,27,28). The van der Waals surface area contributed by atoms with Crippen LogP contribution in [-0.2, 0) is 13.0 Å². The largest absolute Gasteiger partial charge is 0.482 e. The Kier molecular flexibility index (Phi) is 5.10. The third-order valence-corrected chi connectivity index (χ3v) is 5.56. The first-order chi connectivity index (χ1) is 15.7. The summed E-state index contributed by atoms with van der Waals surface area (Å²) in [5, 5.41) is 4.13. The molecule has 0 atom stereocenters. The van der Waals surface area contributed by atoms with Crippen LogP contribution >= 0.6 is 0 Å². The number of aromatic nitrogens is 3. The van der Waals surface area contributed by atoms with Gasteiger partial charge < -0.3 is 20.5 Å². The zero-order chi connectivity index (χ0) is 22.1. The van der Waals surface area contributed by atoms with Gasteiger partial charge in [-0.25, -0.2) is 4.57 Å². The van der Waals surface area contributed by atoms with Crippen LogP contribution in [0.25, 0.3) is 16.9 Å². The van der Waals surface area contributed by atoms with Gasteiger partial charge in [0.1, 0.15) is 5.82 Å². The van der Waals surface area contributed by atoms with Crippen molar-refractivity contribution in [3.63, 3.8) is 0 Å². The van der Waals surface area contributed by atoms with Crippen molar-refractivity contribution in [1.82, 2.24) is 14.5 Å². The lowest BCUT2D eigenvalue weighted by Gasteiger charge is -2.21. The first kappa shape index (κ1) is 19.9. The van der Waals surface area contributed by atoms with Crippen molar-refractivity contribution in [2.45, 2.75) is 19.4 Å². The number of hydrogen-bond donors (Lipinski definition) is 2.